The second-order valence-corrected chi connectivity index (χ2v) is 8.92. The Kier molecular flexibility index (Phi) is 12.7. The number of carboxylic acids is 1. The maximum atomic E-state index is 11.1. The van der Waals surface area contributed by atoms with Gasteiger partial charge in [0, 0.05) is 0 Å². The molecule has 0 aliphatic carbocycles. The highest BCUT2D eigenvalue weighted by Gasteiger charge is 2.08. The number of aliphatic carboxylic acids is 1. The van der Waals surface area contributed by atoms with E-state index in [1.807, 2.05) is 12.1 Å². The number of hydrogen-bond acceptors (Lipinski definition) is 1. The summed E-state index contributed by atoms with van der Waals surface area (Å²) in [6, 6.07) is 16.6. The first-order chi connectivity index (χ1) is 15.2. The van der Waals surface area contributed by atoms with Crippen LogP contribution in [-0.4, -0.2) is 11.1 Å². The second-order valence-electron chi connectivity index (χ2n) is 8.92. The van der Waals surface area contributed by atoms with E-state index >= 15 is 0 Å². The van der Waals surface area contributed by atoms with Crippen LogP contribution in [0.3, 0.4) is 0 Å². The molecular weight excluding hydrogens is 380 g/mol. The fourth-order valence-electron chi connectivity index (χ4n) is 4.37. The van der Waals surface area contributed by atoms with E-state index in [9.17, 15) is 4.79 Å². The van der Waals surface area contributed by atoms with Crippen LogP contribution in [0.5, 0.6) is 0 Å². The normalized spacial score (nSPS) is 11.0. The Hall–Kier alpha value is -2.09. The number of rotatable bonds is 17. The molecule has 1 N–H and O–H groups in total. The van der Waals surface area contributed by atoms with Crippen LogP contribution in [0.2, 0.25) is 0 Å². The van der Waals surface area contributed by atoms with Crippen molar-refractivity contribution < 1.29 is 9.90 Å². The van der Waals surface area contributed by atoms with E-state index in [1.165, 1.54) is 100 Å². The van der Waals surface area contributed by atoms with E-state index in [-0.39, 0.29) is 6.42 Å². The highest BCUT2D eigenvalue weighted by atomic mass is 16.4. The van der Waals surface area contributed by atoms with Crippen molar-refractivity contribution in [1.82, 2.24) is 0 Å². The molecule has 0 atom stereocenters. The van der Waals surface area contributed by atoms with Gasteiger partial charge in [-0.3, -0.25) is 4.79 Å². The largest absolute Gasteiger partial charge is 0.481 e. The van der Waals surface area contributed by atoms with Crippen molar-refractivity contribution in [2.45, 2.75) is 103 Å². The summed E-state index contributed by atoms with van der Waals surface area (Å²) in [5.41, 5.74) is 4.65. The standard InChI is InChI=1S/C29H42O2/c1-2-3-4-5-6-7-8-9-10-11-12-13-15-20-27-23-25(24-29(30)31)21-22-28(27)26-18-16-14-17-19-26/h14,16-19,21-23H,2-13,15,20,24H2,1H3,(H,30,31). The molecule has 0 saturated carbocycles. The van der Waals surface area contributed by atoms with Gasteiger partial charge in [-0.1, -0.05) is 133 Å². The van der Waals surface area contributed by atoms with Gasteiger partial charge in [0.1, 0.15) is 0 Å². The molecule has 0 spiro atoms. The van der Waals surface area contributed by atoms with Gasteiger partial charge < -0.3 is 5.11 Å². The Morgan fingerprint density at radius 1 is 0.710 bits per heavy atom. The van der Waals surface area contributed by atoms with Crippen molar-refractivity contribution in [3.63, 3.8) is 0 Å². The van der Waals surface area contributed by atoms with Crippen LogP contribution >= 0.6 is 0 Å². The summed E-state index contributed by atoms with van der Waals surface area (Å²) in [7, 11) is 0. The Balaban J connectivity index is 1.69. The molecule has 0 heterocycles. The molecule has 0 amide bonds. The smallest absolute Gasteiger partial charge is 0.307 e. The summed E-state index contributed by atoms with van der Waals surface area (Å²) in [6.07, 6.45) is 18.8. The van der Waals surface area contributed by atoms with E-state index in [1.54, 1.807) is 0 Å². The lowest BCUT2D eigenvalue weighted by molar-refractivity contribution is -0.136. The van der Waals surface area contributed by atoms with E-state index in [0.717, 1.165) is 12.0 Å². The number of hydrogen-bond donors (Lipinski definition) is 1. The molecule has 2 heteroatoms. The highest BCUT2D eigenvalue weighted by Crippen LogP contribution is 2.27. The van der Waals surface area contributed by atoms with Crippen LogP contribution in [0.25, 0.3) is 11.1 Å². The number of unbranched alkanes of at least 4 members (excludes halogenated alkanes) is 12. The summed E-state index contributed by atoms with van der Waals surface area (Å²) < 4.78 is 0. The molecule has 0 saturated heterocycles. The van der Waals surface area contributed by atoms with Crippen LogP contribution in [0.4, 0.5) is 0 Å². The third kappa shape index (κ3) is 10.7. The van der Waals surface area contributed by atoms with Gasteiger partial charge in [-0.25, -0.2) is 0 Å². The lowest BCUT2D eigenvalue weighted by Crippen LogP contribution is -2.01. The Morgan fingerprint density at radius 2 is 1.26 bits per heavy atom. The van der Waals surface area contributed by atoms with Crippen molar-refractivity contribution in [3.05, 3.63) is 59.7 Å². The van der Waals surface area contributed by atoms with Crippen LogP contribution in [0.1, 0.15) is 102 Å². The molecule has 0 aliphatic rings. The Morgan fingerprint density at radius 3 is 1.81 bits per heavy atom. The number of benzene rings is 2. The van der Waals surface area contributed by atoms with Gasteiger partial charge in [-0.05, 0) is 35.1 Å². The average Bonchev–Trinajstić information content (AvgIpc) is 2.77. The van der Waals surface area contributed by atoms with Crippen LogP contribution in [0.15, 0.2) is 48.5 Å². The van der Waals surface area contributed by atoms with Crippen molar-refractivity contribution in [2.75, 3.05) is 0 Å². The van der Waals surface area contributed by atoms with Crippen LogP contribution in [0, 0.1) is 0 Å². The Labute approximate surface area is 190 Å². The first kappa shape index (κ1) is 25.2. The van der Waals surface area contributed by atoms with Crippen molar-refractivity contribution in [2.24, 2.45) is 0 Å². The summed E-state index contributed by atoms with van der Waals surface area (Å²) in [6.45, 7) is 2.28. The molecular formula is C29H42O2. The molecule has 0 aliphatic heterocycles. The maximum absolute atomic E-state index is 11.1. The van der Waals surface area contributed by atoms with Gasteiger partial charge >= 0.3 is 5.97 Å². The predicted molar refractivity (Wildman–Crippen MR) is 133 cm³/mol. The van der Waals surface area contributed by atoms with E-state index in [0.29, 0.717) is 0 Å². The minimum Gasteiger partial charge on any atom is -0.481 e. The molecule has 2 aromatic carbocycles. The zero-order chi connectivity index (χ0) is 22.2. The fraction of sp³-hybridized carbons (Fsp3) is 0.552. The Bertz CT molecular complexity index is 736. The number of carboxylic acid groups (broad SMARTS) is 1. The number of carbonyl (C=O) groups is 1. The summed E-state index contributed by atoms with van der Waals surface area (Å²) >= 11 is 0. The summed E-state index contributed by atoms with van der Waals surface area (Å²) in [4.78, 5) is 11.1. The van der Waals surface area contributed by atoms with E-state index < -0.39 is 5.97 Å². The maximum Gasteiger partial charge on any atom is 0.307 e. The van der Waals surface area contributed by atoms with Crippen molar-refractivity contribution in [1.29, 1.82) is 0 Å². The molecule has 31 heavy (non-hydrogen) atoms. The minimum absolute atomic E-state index is 0.0979. The van der Waals surface area contributed by atoms with Gasteiger partial charge in [0.2, 0.25) is 0 Å². The topological polar surface area (TPSA) is 37.3 Å². The monoisotopic (exact) mass is 422 g/mol. The highest BCUT2D eigenvalue weighted by molar-refractivity contribution is 5.72. The van der Waals surface area contributed by atoms with E-state index in [4.69, 9.17) is 5.11 Å². The minimum atomic E-state index is -0.764. The number of aryl methyl sites for hydroxylation is 1. The molecule has 2 rings (SSSR count). The van der Waals surface area contributed by atoms with Crippen LogP contribution in [-0.2, 0) is 17.6 Å². The van der Waals surface area contributed by atoms with Gasteiger partial charge in [0.25, 0.3) is 0 Å². The summed E-state index contributed by atoms with van der Waals surface area (Å²) in [5, 5.41) is 9.14. The lowest BCUT2D eigenvalue weighted by Gasteiger charge is -2.12. The van der Waals surface area contributed by atoms with Crippen molar-refractivity contribution >= 4 is 5.97 Å². The third-order valence-electron chi connectivity index (χ3n) is 6.16. The predicted octanol–water partition coefficient (Wildman–Crippen LogP) is 8.61. The second kappa shape index (κ2) is 15.7. The third-order valence-corrected chi connectivity index (χ3v) is 6.16. The molecule has 2 aromatic rings. The first-order valence-electron chi connectivity index (χ1n) is 12.6. The van der Waals surface area contributed by atoms with Gasteiger partial charge in [0.15, 0.2) is 0 Å². The molecule has 0 unspecified atom stereocenters. The summed E-state index contributed by atoms with van der Waals surface area (Å²) in [5.74, 6) is -0.764. The molecule has 0 radical (unpaired) electrons. The van der Waals surface area contributed by atoms with E-state index in [2.05, 4.69) is 43.3 Å². The van der Waals surface area contributed by atoms with Crippen LogP contribution < -0.4 is 0 Å². The molecule has 170 valence electrons. The fourth-order valence-corrected chi connectivity index (χ4v) is 4.37. The lowest BCUT2D eigenvalue weighted by atomic mass is 9.93. The van der Waals surface area contributed by atoms with Gasteiger partial charge in [-0.15, -0.1) is 0 Å². The zero-order valence-electron chi connectivity index (χ0n) is 19.6. The van der Waals surface area contributed by atoms with Gasteiger partial charge in [0.05, 0.1) is 6.42 Å². The SMILES string of the molecule is CCCCCCCCCCCCCCCc1cc(CC(=O)O)ccc1-c1ccccc1. The molecule has 0 fully saturated rings. The molecule has 0 bridgehead atoms. The van der Waals surface area contributed by atoms with Crippen molar-refractivity contribution in [3.8, 4) is 11.1 Å². The molecule has 2 nitrogen and oxygen atoms in total. The first-order valence-corrected chi connectivity index (χ1v) is 12.6. The molecule has 0 aromatic heterocycles. The average molecular weight is 423 g/mol. The van der Waals surface area contributed by atoms with Gasteiger partial charge in [-0.2, -0.15) is 0 Å². The quantitative estimate of drug-likeness (QED) is 0.259. The zero-order valence-corrected chi connectivity index (χ0v) is 19.6.